The van der Waals surface area contributed by atoms with Crippen molar-refractivity contribution < 1.29 is 4.79 Å². The fourth-order valence-corrected chi connectivity index (χ4v) is 1.91. The molecule has 0 aromatic heterocycles. The van der Waals surface area contributed by atoms with Gasteiger partial charge in [0.05, 0.1) is 0 Å². The second-order valence-electron chi connectivity index (χ2n) is 4.71. The zero-order valence-electron chi connectivity index (χ0n) is 9.99. The minimum absolute atomic E-state index is 0.211. The predicted octanol–water partition coefficient (Wildman–Crippen LogP) is 3.35. The molecule has 0 saturated heterocycles. The highest BCUT2D eigenvalue weighted by Gasteiger charge is 2.31. The first-order chi connectivity index (χ1) is 7.70. The number of hydrogen-bond donors (Lipinski definition) is 1. The zero-order valence-corrected chi connectivity index (χ0v) is 9.99. The normalized spacial score (nSPS) is 22.9. The lowest BCUT2D eigenvalue weighted by Crippen LogP contribution is -2.04. The molecule has 1 aromatic rings. The molecule has 2 heteroatoms. The molecule has 16 heavy (non-hydrogen) atoms. The Balaban J connectivity index is 1.89. The molecule has 0 radical (unpaired) electrons. The standard InChI is InChI=1S/C14H19NO/c1-3-14(16)11-4-6-13(7-5-11)15-9-12-8-10(12)2/h4-7,10,12,15H,3,8-9H2,1-2H3. The van der Waals surface area contributed by atoms with Crippen molar-refractivity contribution in [2.24, 2.45) is 11.8 Å². The molecule has 2 unspecified atom stereocenters. The van der Waals surface area contributed by atoms with Crippen LogP contribution in [0, 0.1) is 11.8 Å². The molecule has 2 nitrogen and oxygen atoms in total. The summed E-state index contributed by atoms with van der Waals surface area (Å²) >= 11 is 0. The van der Waals surface area contributed by atoms with Gasteiger partial charge < -0.3 is 5.32 Å². The van der Waals surface area contributed by atoms with Crippen LogP contribution in [0.4, 0.5) is 5.69 Å². The molecule has 0 heterocycles. The Hall–Kier alpha value is -1.31. The van der Waals surface area contributed by atoms with E-state index in [2.05, 4.69) is 12.2 Å². The van der Waals surface area contributed by atoms with E-state index in [-0.39, 0.29) is 5.78 Å². The van der Waals surface area contributed by atoms with Crippen molar-refractivity contribution in [1.29, 1.82) is 0 Å². The van der Waals surface area contributed by atoms with Gasteiger partial charge in [0, 0.05) is 24.2 Å². The zero-order chi connectivity index (χ0) is 11.5. The molecule has 1 aliphatic carbocycles. The van der Waals surface area contributed by atoms with Crippen molar-refractivity contribution in [3.8, 4) is 0 Å². The highest BCUT2D eigenvalue weighted by Crippen LogP contribution is 2.37. The number of carbonyl (C=O) groups is 1. The van der Waals surface area contributed by atoms with Gasteiger partial charge in [-0.3, -0.25) is 4.79 Å². The van der Waals surface area contributed by atoms with Crippen LogP contribution >= 0.6 is 0 Å². The first kappa shape index (κ1) is 11.2. The smallest absolute Gasteiger partial charge is 0.162 e. The molecule has 2 atom stereocenters. The van der Waals surface area contributed by atoms with Gasteiger partial charge in [0.25, 0.3) is 0 Å². The Kier molecular flexibility index (Phi) is 3.28. The fourth-order valence-electron chi connectivity index (χ4n) is 1.91. The molecule has 1 fully saturated rings. The van der Waals surface area contributed by atoms with Gasteiger partial charge in [-0.2, -0.15) is 0 Å². The number of ketones is 1. The van der Waals surface area contributed by atoms with E-state index in [0.717, 1.165) is 29.6 Å². The van der Waals surface area contributed by atoms with E-state index >= 15 is 0 Å². The predicted molar refractivity (Wildman–Crippen MR) is 66.8 cm³/mol. The van der Waals surface area contributed by atoms with Gasteiger partial charge in [0.15, 0.2) is 5.78 Å². The molecule has 1 aromatic carbocycles. The van der Waals surface area contributed by atoms with Crippen molar-refractivity contribution in [3.63, 3.8) is 0 Å². The third-order valence-corrected chi connectivity index (χ3v) is 3.37. The van der Waals surface area contributed by atoms with E-state index in [4.69, 9.17) is 0 Å². The van der Waals surface area contributed by atoms with Crippen LogP contribution in [-0.4, -0.2) is 12.3 Å². The minimum atomic E-state index is 0.211. The molecule has 1 aliphatic rings. The number of rotatable bonds is 5. The van der Waals surface area contributed by atoms with Crippen molar-refractivity contribution in [2.75, 3.05) is 11.9 Å². The molecule has 1 N–H and O–H groups in total. The fraction of sp³-hybridized carbons (Fsp3) is 0.500. The Morgan fingerprint density at radius 1 is 1.38 bits per heavy atom. The number of Topliss-reactive ketones (excluding diaryl/α,β-unsaturated/α-hetero) is 1. The van der Waals surface area contributed by atoms with Crippen LogP contribution in [0.5, 0.6) is 0 Å². The van der Waals surface area contributed by atoms with E-state index in [1.807, 2.05) is 31.2 Å². The molecular formula is C14H19NO. The van der Waals surface area contributed by atoms with E-state index < -0.39 is 0 Å². The summed E-state index contributed by atoms with van der Waals surface area (Å²) in [5.74, 6) is 1.94. The summed E-state index contributed by atoms with van der Waals surface area (Å²) in [6.07, 6.45) is 1.92. The molecule has 86 valence electrons. The van der Waals surface area contributed by atoms with Crippen molar-refractivity contribution in [3.05, 3.63) is 29.8 Å². The van der Waals surface area contributed by atoms with E-state index in [9.17, 15) is 4.79 Å². The summed E-state index contributed by atoms with van der Waals surface area (Å²) in [5, 5.41) is 3.41. The molecule has 0 spiro atoms. The average Bonchev–Trinajstić information content (AvgIpc) is 3.02. The summed E-state index contributed by atoms with van der Waals surface area (Å²) in [5.41, 5.74) is 1.93. The van der Waals surface area contributed by atoms with Gasteiger partial charge in [-0.15, -0.1) is 0 Å². The number of benzene rings is 1. The number of nitrogens with one attached hydrogen (secondary N) is 1. The van der Waals surface area contributed by atoms with Gasteiger partial charge in [-0.25, -0.2) is 0 Å². The lowest BCUT2D eigenvalue weighted by molar-refractivity contribution is 0.0988. The van der Waals surface area contributed by atoms with Crippen LogP contribution < -0.4 is 5.32 Å². The second-order valence-corrected chi connectivity index (χ2v) is 4.71. The Labute approximate surface area is 97.1 Å². The van der Waals surface area contributed by atoms with Crippen LogP contribution in [0.1, 0.15) is 37.0 Å². The molecule has 0 aliphatic heterocycles. The molecule has 0 bridgehead atoms. The first-order valence-corrected chi connectivity index (χ1v) is 6.08. The molecule has 2 rings (SSSR count). The third kappa shape index (κ3) is 2.63. The molecule has 0 amide bonds. The van der Waals surface area contributed by atoms with Crippen LogP contribution in [-0.2, 0) is 0 Å². The largest absolute Gasteiger partial charge is 0.385 e. The maximum absolute atomic E-state index is 11.4. The number of anilines is 1. The van der Waals surface area contributed by atoms with E-state index in [1.165, 1.54) is 6.42 Å². The first-order valence-electron chi connectivity index (χ1n) is 6.08. The van der Waals surface area contributed by atoms with Crippen molar-refractivity contribution in [2.45, 2.75) is 26.7 Å². The maximum atomic E-state index is 11.4. The Morgan fingerprint density at radius 2 is 2.00 bits per heavy atom. The SMILES string of the molecule is CCC(=O)c1ccc(NCC2CC2C)cc1. The van der Waals surface area contributed by atoms with Crippen LogP contribution in [0.25, 0.3) is 0 Å². The number of hydrogen-bond acceptors (Lipinski definition) is 2. The summed E-state index contributed by atoms with van der Waals surface area (Å²) in [6, 6.07) is 7.81. The average molecular weight is 217 g/mol. The van der Waals surface area contributed by atoms with E-state index in [0.29, 0.717) is 6.42 Å². The highest BCUT2D eigenvalue weighted by atomic mass is 16.1. The lowest BCUT2D eigenvalue weighted by Gasteiger charge is -2.06. The van der Waals surface area contributed by atoms with Crippen LogP contribution in [0.2, 0.25) is 0 Å². The van der Waals surface area contributed by atoms with E-state index in [1.54, 1.807) is 0 Å². The lowest BCUT2D eigenvalue weighted by atomic mass is 10.1. The van der Waals surface area contributed by atoms with Gasteiger partial charge in [-0.1, -0.05) is 13.8 Å². The quantitative estimate of drug-likeness (QED) is 0.766. The summed E-state index contributed by atoms with van der Waals surface area (Å²) in [6.45, 7) is 5.24. The second kappa shape index (κ2) is 4.69. The summed E-state index contributed by atoms with van der Waals surface area (Å²) in [7, 11) is 0. The maximum Gasteiger partial charge on any atom is 0.162 e. The van der Waals surface area contributed by atoms with Gasteiger partial charge in [0.2, 0.25) is 0 Å². The van der Waals surface area contributed by atoms with Crippen LogP contribution in [0.15, 0.2) is 24.3 Å². The van der Waals surface area contributed by atoms with Gasteiger partial charge >= 0.3 is 0 Å². The highest BCUT2D eigenvalue weighted by molar-refractivity contribution is 5.96. The minimum Gasteiger partial charge on any atom is -0.385 e. The third-order valence-electron chi connectivity index (χ3n) is 3.37. The van der Waals surface area contributed by atoms with Crippen LogP contribution in [0.3, 0.4) is 0 Å². The molecule has 1 saturated carbocycles. The number of carbonyl (C=O) groups excluding carboxylic acids is 1. The topological polar surface area (TPSA) is 29.1 Å². The summed E-state index contributed by atoms with van der Waals surface area (Å²) < 4.78 is 0. The summed E-state index contributed by atoms with van der Waals surface area (Å²) in [4.78, 5) is 11.4. The van der Waals surface area contributed by atoms with Gasteiger partial charge in [0.1, 0.15) is 0 Å². The Morgan fingerprint density at radius 3 is 2.50 bits per heavy atom. The van der Waals surface area contributed by atoms with Crippen molar-refractivity contribution >= 4 is 11.5 Å². The van der Waals surface area contributed by atoms with Crippen molar-refractivity contribution in [1.82, 2.24) is 0 Å². The van der Waals surface area contributed by atoms with Gasteiger partial charge in [-0.05, 0) is 42.5 Å². The monoisotopic (exact) mass is 217 g/mol. The molecular weight excluding hydrogens is 198 g/mol. The Bertz CT molecular complexity index is 369.